The molecule has 0 bridgehead atoms. The molecule has 2 heterocycles. The second-order valence-corrected chi connectivity index (χ2v) is 6.34. The number of nitrogen functional groups attached to an aromatic ring is 1. The zero-order valence-electron chi connectivity index (χ0n) is 11.1. The molecule has 1 fully saturated rings. The molecule has 1 aromatic carbocycles. The molecule has 1 unspecified atom stereocenters. The summed E-state index contributed by atoms with van der Waals surface area (Å²) in [6, 6.07) is 8.14. The summed E-state index contributed by atoms with van der Waals surface area (Å²) in [5, 5.41) is 1.07. The molecule has 2 aromatic rings. The van der Waals surface area contributed by atoms with Crippen LogP contribution in [0.4, 0.5) is 5.69 Å². The topological polar surface area (TPSA) is 46.3 Å². The van der Waals surface area contributed by atoms with Gasteiger partial charge in [-0.1, -0.05) is 0 Å². The molecule has 1 aliphatic rings. The van der Waals surface area contributed by atoms with Gasteiger partial charge in [-0.25, -0.2) is 0 Å². The highest BCUT2D eigenvalue weighted by Crippen LogP contribution is 2.29. The van der Waals surface area contributed by atoms with Crippen LogP contribution in [0.2, 0.25) is 0 Å². The van der Waals surface area contributed by atoms with Crippen LogP contribution in [0.3, 0.4) is 0 Å². The van der Waals surface area contributed by atoms with Crippen molar-refractivity contribution in [3.63, 3.8) is 0 Å². The van der Waals surface area contributed by atoms with E-state index in [1.54, 1.807) is 11.3 Å². The number of nitrogens with two attached hydrogens (primary N) is 1. The van der Waals surface area contributed by atoms with Gasteiger partial charge < -0.3 is 10.6 Å². The lowest BCUT2D eigenvalue weighted by Gasteiger charge is -2.33. The number of hydrogen-bond acceptors (Lipinski definition) is 3. The maximum atomic E-state index is 12.6. The van der Waals surface area contributed by atoms with Crippen LogP contribution >= 0.6 is 11.3 Å². The SMILES string of the molecule is CC1CCCCN1C(=O)c1cc2cc(N)ccc2s1. The maximum Gasteiger partial charge on any atom is 0.264 e. The van der Waals surface area contributed by atoms with Crippen LogP contribution in [0, 0.1) is 0 Å². The molecule has 3 nitrogen and oxygen atoms in total. The number of hydrogen-bond donors (Lipinski definition) is 1. The highest BCUT2D eigenvalue weighted by Gasteiger charge is 2.25. The monoisotopic (exact) mass is 274 g/mol. The summed E-state index contributed by atoms with van der Waals surface area (Å²) >= 11 is 1.56. The van der Waals surface area contributed by atoms with E-state index in [9.17, 15) is 4.79 Å². The number of benzene rings is 1. The van der Waals surface area contributed by atoms with E-state index in [-0.39, 0.29) is 5.91 Å². The number of thiophene rings is 1. The van der Waals surface area contributed by atoms with Crippen LogP contribution in [-0.4, -0.2) is 23.4 Å². The third kappa shape index (κ3) is 2.32. The first-order valence-corrected chi connectivity index (χ1v) is 7.57. The van der Waals surface area contributed by atoms with E-state index in [0.717, 1.165) is 40.0 Å². The largest absolute Gasteiger partial charge is 0.399 e. The lowest BCUT2D eigenvalue weighted by molar-refractivity contribution is 0.0641. The molecular weight excluding hydrogens is 256 g/mol. The third-order valence-corrected chi connectivity index (χ3v) is 4.92. The van der Waals surface area contributed by atoms with Gasteiger partial charge in [-0.05, 0) is 55.8 Å². The third-order valence-electron chi connectivity index (χ3n) is 3.81. The van der Waals surface area contributed by atoms with Crippen LogP contribution in [0.5, 0.6) is 0 Å². The molecule has 0 spiro atoms. The molecule has 1 amide bonds. The van der Waals surface area contributed by atoms with Crippen LogP contribution in [0.25, 0.3) is 10.1 Å². The summed E-state index contributed by atoms with van der Waals surface area (Å²) in [5.74, 6) is 0.173. The lowest BCUT2D eigenvalue weighted by Crippen LogP contribution is -2.41. The Morgan fingerprint density at radius 2 is 2.21 bits per heavy atom. The van der Waals surface area contributed by atoms with Crippen molar-refractivity contribution >= 4 is 33.0 Å². The molecule has 0 saturated carbocycles. The number of carbonyl (C=O) groups is 1. The highest BCUT2D eigenvalue weighted by atomic mass is 32.1. The molecule has 1 saturated heterocycles. The van der Waals surface area contributed by atoms with E-state index in [1.165, 1.54) is 6.42 Å². The number of likely N-dealkylation sites (tertiary alicyclic amines) is 1. The summed E-state index contributed by atoms with van der Waals surface area (Å²) < 4.78 is 1.13. The molecule has 4 heteroatoms. The van der Waals surface area contributed by atoms with E-state index >= 15 is 0 Å². The first-order valence-electron chi connectivity index (χ1n) is 6.75. The van der Waals surface area contributed by atoms with Crippen molar-refractivity contribution in [2.75, 3.05) is 12.3 Å². The average molecular weight is 274 g/mol. The zero-order valence-corrected chi connectivity index (χ0v) is 11.9. The Kier molecular flexibility index (Phi) is 3.19. The van der Waals surface area contributed by atoms with Crippen molar-refractivity contribution < 1.29 is 4.79 Å². The normalized spacial score (nSPS) is 19.8. The summed E-state index contributed by atoms with van der Waals surface area (Å²) in [4.78, 5) is 15.4. The summed E-state index contributed by atoms with van der Waals surface area (Å²) in [6.45, 7) is 3.03. The Morgan fingerprint density at radius 1 is 1.37 bits per heavy atom. The van der Waals surface area contributed by atoms with E-state index < -0.39 is 0 Å². The Labute approximate surface area is 117 Å². The van der Waals surface area contributed by atoms with Gasteiger partial charge in [0.2, 0.25) is 0 Å². The first kappa shape index (κ1) is 12.5. The predicted octanol–water partition coefficient (Wildman–Crippen LogP) is 3.50. The number of rotatable bonds is 1. The number of anilines is 1. The second kappa shape index (κ2) is 4.85. The van der Waals surface area contributed by atoms with Crippen molar-refractivity contribution in [2.24, 2.45) is 0 Å². The predicted molar refractivity (Wildman–Crippen MR) is 80.6 cm³/mol. The fraction of sp³-hybridized carbons (Fsp3) is 0.400. The van der Waals surface area contributed by atoms with E-state index in [4.69, 9.17) is 5.73 Å². The van der Waals surface area contributed by atoms with Crippen molar-refractivity contribution in [1.29, 1.82) is 0 Å². The Bertz CT molecular complexity index is 620. The number of amides is 1. The zero-order chi connectivity index (χ0) is 13.4. The van der Waals surface area contributed by atoms with Gasteiger partial charge in [0.25, 0.3) is 5.91 Å². The van der Waals surface area contributed by atoms with Crippen molar-refractivity contribution in [2.45, 2.75) is 32.2 Å². The molecular formula is C15H18N2OS. The minimum absolute atomic E-state index is 0.173. The minimum Gasteiger partial charge on any atom is -0.399 e. The van der Waals surface area contributed by atoms with Crippen molar-refractivity contribution in [3.05, 3.63) is 29.1 Å². The van der Waals surface area contributed by atoms with E-state index in [1.807, 2.05) is 29.2 Å². The number of piperidine rings is 1. The van der Waals surface area contributed by atoms with Crippen LogP contribution in [0.1, 0.15) is 35.9 Å². The molecule has 1 aromatic heterocycles. The maximum absolute atomic E-state index is 12.6. The minimum atomic E-state index is 0.173. The standard InChI is InChI=1S/C15H18N2OS/c1-10-4-2-3-7-17(10)15(18)14-9-11-8-12(16)5-6-13(11)19-14/h5-6,8-10H,2-4,7,16H2,1H3. The van der Waals surface area contributed by atoms with Gasteiger partial charge in [-0.15, -0.1) is 11.3 Å². The molecule has 0 aliphatic carbocycles. The lowest BCUT2D eigenvalue weighted by atomic mass is 10.0. The Morgan fingerprint density at radius 3 is 3.00 bits per heavy atom. The van der Waals surface area contributed by atoms with Gasteiger partial charge in [-0.3, -0.25) is 4.79 Å². The Hall–Kier alpha value is -1.55. The van der Waals surface area contributed by atoms with Crippen LogP contribution in [0.15, 0.2) is 24.3 Å². The van der Waals surface area contributed by atoms with Crippen molar-refractivity contribution in [3.8, 4) is 0 Å². The smallest absolute Gasteiger partial charge is 0.264 e. The molecule has 2 N–H and O–H groups in total. The highest BCUT2D eigenvalue weighted by molar-refractivity contribution is 7.20. The summed E-state index contributed by atoms with van der Waals surface area (Å²) in [6.07, 6.45) is 3.46. The molecule has 100 valence electrons. The van der Waals surface area contributed by atoms with Crippen LogP contribution in [-0.2, 0) is 0 Å². The van der Waals surface area contributed by atoms with E-state index in [2.05, 4.69) is 6.92 Å². The van der Waals surface area contributed by atoms with Crippen molar-refractivity contribution in [1.82, 2.24) is 4.90 Å². The number of fused-ring (bicyclic) bond motifs is 1. The molecule has 1 atom stereocenters. The number of nitrogens with zero attached hydrogens (tertiary/aromatic N) is 1. The van der Waals surface area contributed by atoms with Gasteiger partial charge in [0.15, 0.2) is 0 Å². The molecule has 1 aliphatic heterocycles. The fourth-order valence-electron chi connectivity index (χ4n) is 2.71. The summed E-state index contributed by atoms with van der Waals surface area (Å²) in [7, 11) is 0. The summed E-state index contributed by atoms with van der Waals surface area (Å²) in [5.41, 5.74) is 6.53. The average Bonchev–Trinajstić information content (AvgIpc) is 2.81. The van der Waals surface area contributed by atoms with Gasteiger partial charge in [0, 0.05) is 23.0 Å². The van der Waals surface area contributed by atoms with Crippen LogP contribution < -0.4 is 5.73 Å². The van der Waals surface area contributed by atoms with E-state index in [0.29, 0.717) is 6.04 Å². The molecule has 0 radical (unpaired) electrons. The quantitative estimate of drug-likeness (QED) is 0.809. The van der Waals surface area contributed by atoms with Gasteiger partial charge >= 0.3 is 0 Å². The first-order chi connectivity index (χ1) is 9.15. The Balaban J connectivity index is 1.92. The second-order valence-electron chi connectivity index (χ2n) is 5.25. The number of carbonyl (C=O) groups excluding carboxylic acids is 1. The van der Waals surface area contributed by atoms with Gasteiger partial charge in [0.05, 0.1) is 4.88 Å². The molecule has 3 rings (SSSR count). The fourth-order valence-corrected chi connectivity index (χ4v) is 3.71. The van der Waals surface area contributed by atoms with Gasteiger partial charge in [-0.2, -0.15) is 0 Å². The molecule has 19 heavy (non-hydrogen) atoms. The van der Waals surface area contributed by atoms with Gasteiger partial charge in [0.1, 0.15) is 0 Å².